The van der Waals surface area contributed by atoms with E-state index in [1.807, 2.05) is 0 Å². The summed E-state index contributed by atoms with van der Waals surface area (Å²) in [6, 6.07) is -5.48. The highest BCUT2D eigenvalue weighted by atomic mass is 16.2. The third-order valence-corrected chi connectivity index (χ3v) is 7.72. The molecule has 0 aromatic heterocycles. The zero-order valence-corrected chi connectivity index (χ0v) is 27.5. The van der Waals surface area contributed by atoms with Crippen molar-refractivity contribution in [3.05, 3.63) is 36.5 Å². The molecule has 0 spiro atoms. The molecule has 3 aliphatic heterocycles. The van der Waals surface area contributed by atoms with Gasteiger partial charge in [0.25, 0.3) is 35.4 Å². The lowest BCUT2D eigenvalue weighted by Crippen LogP contribution is -2.59. The summed E-state index contributed by atoms with van der Waals surface area (Å²) in [6.07, 6.45) is 4.99. The Morgan fingerprint density at radius 1 is 0.481 bits per heavy atom. The summed E-state index contributed by atoms with van der Waals surface area (Å²) in [5.74, 6) is -11.3. The molecule has 52 heavy (non-hydrogen) atoms. The van der Waals surface area contributed by atoms with E-state index in [4.69, 9.17) is 17.2 Å². The minimum Gasteiger partial charge on any atom is -0.353 e. The molecule has 9 N–H and O–H groups in total. The number of hydrogen-bond donors (Lipinski definition) is 6. The van der Waals surface area contributed by atoms with Gasteiger partial charge in [-0.05, 0) is 18.2 Å². The Kier molecular flexibility index (Phi) is 14.1. The molecule has 0 aromatic carbocycles. The van der Waals surface area contributed by atoms with Gasteiger partial charge in [-0.15, -0.1) is 0 Å². The molecule has 3 rings (SSSR count). The zero-order chi connectivity index (χ0) is 38.7. The summed E-state index contributed by atoms with van der Waals surface area (Å²) in [5.41, 5.74) is 16.0. The number of hydrogen-bond acceptors (Lipinski definition) is 16. The number of nitrogens with zero attached hydrogens (tertiary/aromatic N) is 4. The summed E-state index contributed by atoms with van der Waals surface area (Å²) in [4.78, 5) is 152. The van der Waals surface area contributed by atoms with Gasteiger partial charge in [0.15, 0.2) is 35.5 Å². The summed E-state index contributed by atoms with van der Waals surface area (Å²) in [5, 5.41) is 7.28. The van der Waals surface area contributed by atoms with E-state index in [-0.39, 0.29) is 39.3 Å². The van der Waals surface area contributed by atoms with Crippen LogP contribution < -0.4 is 33.2 Å². The van der Waals surface area contributed by atoms with Gasteiger partial charge in [-0.1, -0.05) is 0 Å². The SMILES string of the molecule is NCC(=O)N1C(=O)C=CC(=O)[C@H]1C(=O)NCCN(CCNC(=O)[C@@H]1C(=O)C=CC(=O)N1C(=O)CN)CCNC(=O)[C@@H]1C(=O)C=CC(=O)N1C(=O)CN. The van der Waals surface area contributed by atoms with Crippen molar-refractivity contribution in [2.75, 3.05) is 58.9 Å². The van der Waals surface area contributed by atoms with E-state index in [1.165, 1.54) is 4.90 Å². The second-order valence-corrected chi connectivity index (χ2v) is 11.0. The average molecular weight is 729 g/mol. The molecule has 0 aromatic rings. The van der Waals surface area contributed by atoms with Gasteiger partial charge in [0.2, 0.25) is 17.7 Å². The number of imide groups is 3. The van der Waals surface area contributed by atoms with Gasteiger partial charge in [-0.3, -0.25) is 77.1 Å². The van der Waals surface area contributed by atoms with Gasteiger partial charge in [0.05, 0.1) is 19.6 Å². The third-order valence-electron chi connectivity index (χ3n) is 7.72. The summed E-state index contributed by atoms with van der Waals surface area (Å²) < 4.78 is 0. The fraction of sp³-hybridized carbons (Fsp3) is 0.400. The monoisotopic (exact) mass is 728 g/mol. The first-order valence-electron chi connectivity index (χ1n) is 15.6. The van der Waals surface area contributed by atoms with Crippen LogP contribution in [0.15, 0.2) is 36.5 Å². The number of ketones is 3. The highest BCUT2D eigenvalue weighted by Crippen LogP contribution is 2.13. The van der Waals surface area contributed by atoms with Crippen LogP contribution in [0.5, 0.6) is 0 Å². The quantitative estimate of drug-likeness (QED) is 0.0853. The highest BCUT2D eigenvalue weighted by Gasteiger charge is 2.42. The predicted octanol–water partition coefficient (Wildman–Crippen LogP) is -7.90. The van der Waals surface area contributed by atoms with Crippen LogP contribution in [0.1, 0.15) is 0 Å². The van der Waals surface area contributed by atoms with Crippen LogP contribution in [-0.4, -0.2) is 167 Å². The molecule has 0 saturated heterocycles. The first-order valence-corrected chi connectivity index (χ1v) is 15.6. The van der Waals surface area contributed by atoms with E-state index in [0.29, 0.717) is 14.7 Å². The maximum absolute atomic E-state index is 13.0. The molecule has 0 radical (unpaired) electrons. The Morgan fingerprint density at radius 2 is 0.731 bits per heavy atom. The molecule has 0 unspecified atom stereocenters. The molecule has 3 atom stereocenters. The van der Waals surface area contributed by atoms with Crippen molar-refractivity contribution in [1.29, 1.82) is 0 Å². The largest absolute Gasteiger partial charge is 0.353 e. The zero-order valence-electron chi connectivity index (χ0n) is 27.5. The number of nitrogens with one attached hydrogen (secondary N) is 3. The molecular weight excluding hydrogens is 692 g/mol. The van der Waals surface area contributed by atoms with Crippen molar-refractivity contribution in [3.8, 4) is 0 Å². The van der Waals surface area contributed by atoms with Crippen molar-refractivity contribution in [2.24, 2.45) is 17.2 Å². The standard InChI is InChI=1S/C30H36N10O12/c31-13-22(47)38-19(44)4-1-16(41)25(38)28(50)34-7-10-37(11-8-35-29(51)26-17(42)2-5-20(45)39(26)23(48)14-32)12-9-36-30(52)27-18(43)3-6-21(46)40(27)24(49)15-33/h1-6,25-27H,7-15,31-33H2,(H,34,50)(H,35,51)(H,36,52)/t25-,26-,27-/m0/s1. The topological polar surface area (TPSA) is 332 Å². The minimum atomic E-state index is -1.83. The van der Waals surface area contributed by atoms with Crippen LogP contribution in [0.25, 0.3) is 0 Å². The van der Waals surface area contributed by atoms with Crippen LogP contribution in [0, 0.1) is 0 Å². The van der Waals surface area contributed by atoms with Crippen molar-refractivity contribution < 1.29 is 57.5 Å². The summed E-state index contributed by atoms with van der Waals surface area (Å²) in [7, 11) is 0. The van der Waals surface area contributed by atoms with Gasteiger partial charge in [-0.2, -0.15) is 0 Å². The van der Waals surface area contributed by atoms with Gasteiger partial charge < -0.3 is 33.2 Å². The second kappa shape index (κ2) is 18.2. The van der Waals surface area contributed by atoms with E-state index in [2.05, 4.69) is 16.0 Å². The number of carbonyl (C=O) groups excluding carboxylic acids is 12. The van der Waals surface area contributed by atoms with E-state index >= 15 is 0 Å². The Hall–Kier alpha value is -6.10. The molecule has 278 valence electrons. The molecule has 0 bridgehead atoms. The highest BCUT2D eigenvalue weighted by molar-refractivity contribution is 6.23. The van der Waals surface area contributed by atoms with Crippen LogP contribution in [-0.2, 0) is 57.5 Å². The summed E-state index contributed by atoms with van der Waals surface area (Å²) in [6.45, 7) is -2.90. The molecule has 0 aliphatic carbocycles. The van der Waals surface area contributed by atoms with Crippen molar-refractivity contribution in [2.45, 2.75) is 18.1 Å². The van der Waals surface area contributed by atoms with E-state index in [9.17, 15) is 57.5 Å². The number of amides is 9. The second-order valence-electron chi connectivity index (χ2n) is 11.0. The van der Waals surface area contributed by atoms with Gasteiger partial charge in [-0.25, -0.2) is 0 Å². The molecule has 3 aliphatic rings. The fourth-order valence-electron chi connectivity index (χ4n) is 5.21. The molecular formula is C30H36N10O12. The Balaban J connectivity index is 1.71. The molecule has 22 nitrogen and oxygen atoms in total. The van der Waals surface area contributed by atoms with Crippen LogP contribution >= 0.6 is 0 Å². The Bertz CT molecular complexity index is 1480. The number of rotatable bonds is 15. The lowest BCUT2D eigenvalue weighted by atomic mass is 10.0. The van der Waals surface area contributed by atoms with Crippen LogP contribution in [0.3, 0.4) is 0 Å². The van der Waals surface area contributed by atoms with E-state index < -0.39 is 108 Å². The smallest absolute Gasteiger partial charge is 0.254 e. The first-order chi connectivity index (χ1) is 24.7. The summed E-state index contributed by atoms with van der Waals surface area (Å²) >= 11 is 0. The molecule has 9 amide bonds. The maximum Gasteiger partial charge on any atom is 0.254 e. The Labute approximate surface area is 294 Å². The van der Waals surface area contributed by atoms with Crippen molar-refractivity contribution in [3.63, 3.8) is 0 Å². The first kappa shape index (κ1) is 40.3. The van der Waals surface area contributed by atoms with Gasteiger partial charge >= 0.3 is 0 Å². The minimum absolute atomic E-state index is 0.0737. The normalized spacial score (nSPS) is 20.1. The number of nitrogens with two attached hydrogens (primary N) is 3. The Morgan fingerprint density at radius 3 is 0.962 bits per heavy atom. The molecule has 22 heteroatoms. The van der Waals surface area contributed by atoms with Gasteiger partial charge in [0.1, 0.15) is 0 Å². The third kappa shape index (κ3) is 9.36. The lowest BCUT2D eigenvalue weighted by Gasteiger charge is -2.30. The van der Waals surface area contributed by atoms with Crippen molar-refractivity contribution in [1.82, 2.24) is 35.6 Å². The average Bonchev–Trinajstić information content (AvgIpc) is 3.12. The molecule has 0 saturated carbocycles. The van der Waals surface area contributed by atoms with Crippen LogP contribution in [0.2, 0.25) is 0 Å². The maximum atomic E-state index is 13.0. The number of carbonyl (C=O) groups is 12. The van der Waals surface area contributed by atoms with Crippen molar-refractivity contribution >= 4 is 70.5 Å². The van der Waals surface area contributed by atoms with E-state index in [1.54, 1.807) is 0 Å². The van der Waals surface area contributed by atoms with E-state index in [0.717, 1.165) is 36.5 Å². The van der Waals surface area contributed by atoms with Gasteiger partial charge in [0, 0.05) is 57.5 Å². The molecule has 3 heterocycles. The fourth-order valence-corrected chi connectivity index (χ4v) is 5.21. The molecule has 0 fully saturated rings. The predicted molar refractivity (Wildman–Crippen MR) is 172 cm³/mol. The lowest BCUT2D eigenvalue weighted by molar-refractivity contribution is -0.153. The van der Waals surface area contributed by atoms with Crippen LogP contribution in [0.4, 0.5) is 0 Å².